The average Bonchev–Trinajstić information content (AvgIpc) is 2.97. The van der Waals surface area contributed by atoms with Gasteiger partial charge in [0, 0.05) is 6.04 Å². The first-order valence-electron chi connectivity index (χ1n) is 7.67. The topological polar surface area (TPSA) is 110 Å². The number of nitrogens with one attached hydrogen (secondary N) is 1. The quantitative estimate of drug-likeness (QED) is 0.723. The molecule has 0 saturated heterocycles. The Morgan fingerprint density at radius 3 is 2.27 bits per heavy atom. The van der Waals surface area contributed by atoms with Gasteiger partial charge >= 0.3 is 11.9 Å². The van der Waals surface area contributed by atoms with Crippen LogP contribution in [0.1, 0.15) is 44.9 Å². The van der Waals surface area contributed by atoms with Gasteiger partial charge in [-0.1, -0.05) is 6.42 Å². The lowest BCUT2D eigenvalue weighted by Crippen LogP contribution is -2.45. The molecule has 8 heteroatoms. The number of hydrogen-bond acceptors (Lipinski definition) is 5. The maximum Gasteiger partial charge on any atom is 0.310 e. The molecule has 126 valence electrons. The van der Waals surface area contributed by atoms with Gasteiger partial charge in [-0.3, -0.25) is 9.59 Å². The van der Waals surface area contributed by atoms with E-state index in [1.54, 1.807) is 0 Å². The fourth-order valence-corrected chi connectivity index (χ4v) is 5.53. The Morgan fingerprint density at radius 1 is 1.09 bits per heavy atom. The number of carbonyl (C=O) groups is 2. The van der Waals surface area contributed by atoms with Crippen molar-refractivity contribution in [3.8, 4) is 0 Å². The van der Waals surface area contributed by atoms with E-state index in [0.717, 1.165) is 0 Å². The summed E-state index contributed by atoms with van der Waals surface area (Å²) in [5.41, 5.74) is 0. The van der Waals surface area contributed by atoms with E-state index >= 15 is 0 Å². The summed E-state index contributed by atoms with van der Waals surface area (Å²) in [5, 5.41) is 8.22. The number of sulfonamides is 1. The van der Waals surface area contributed by atoms with Gasteiger partial charge in [0.15, 0.2) is 0 Å². The van der Waals surface area contributed by atoms with E-state index < -0.39 is 33.1 Å². The van der Waals surface area contributed by atoms with Gasteiger partial charge in [0.25, 0.3) is 0 Å². The van der Waals surface area contributed by atoms with Crippen molar-refractivity contribution >= 4 is 22.0 Å². The molecule has 0 heterocycles. The molecule has 2 rings (SSSR count). The van der Waals surface area contributed by atoms with E-state index in [-0.39, 0.29) is 12.0 Å². The van der Waals surface area contributed by atoms with Crippen molar-refractivity contribution in [3.63, 3.8) is 0 Å². The number of aliphatic carboxylic acids is 1. The fourth-order valence-electron chi connectivity index (χ4n) is 3.50. The summed E-state index contributed by atoms with van der Waals surface area (Å²) < 4.78 is 32.4. The molecular weight excluding hydrogens is 310 g/mol. The van der Waals surface area contributed by atoms with Gasteiger partial charge in [0.1, 0.15) is 0 Å². The van der Waals surface area contributed by atoms with Crippen LogP contribution in [0, 0.1) is 11.8 Å². The molecule has 0 aromatic carbocycles. The van der Waals surface area contributed by atoms with Crippen LogP contribution in [0.5, 0.6) is 0 Å². The SMILES string of the molecule is COC(=O)C1CCCC1S(=O)(=O)NC1CCC(C(=O)O)CC1. The van der Waals surface area contributed by atoms with Crippen molar-refractivity contribution in [3.05, 3.63) is 0 Å². The number of methoxy groups -OCH3 is 1. The maximum atomic E-state index is 12.5. The van der Waals surface area contributed by atoms with E-state index in [1.165, 1.54) is 7.11 Å². The fraction of sp³-hybridized carbons (Fsp3) is 0.857. The summed E-state index contributed by atoms with van der Waals surface area (Å²) in [7, 11) is -2.33. The molecule has 2 aliphatic rings. The standard InChI is InChI=1S/C14H23NO6S/c1-21-14(18)11-3-2-4-12(11)22(19,20)15-10-7-5-9(6-8-10)13(16)17/h9-12,15H,2-8H2,1H3,(H,16,17). The highest BCUT2D eigenvalue weighted by Crippen LogP contribution is 2.33. The number of carbonyl (C=O) groups excluding carboxylic acids is 1. The van der Waals surface area contributed by atoms with Crippen molar-refractivity contribution in [2.45, 2.75) is 56.2 Å². The number of esters is 1. The highest BCUT2D eigenvalue weighted by molar-refractivity contribution is 7.90. The minimum atomic E-state index is -3.60. The number of rotatable bonds is 5. The van der Waals surface area contributed by atoms with Gasteiger partial charge < -0.3 is 9.84 Å². The Bertz CT molecular complexity index is 523. The third-order valence-corrected chi connectivity index (χ3v) is 6.79. The normalized spacial score (nSPS) is 32.6. The lowest BCUT2D eigenvalue weighted by molar-refractivity contribution is -0.145. The van der Waals surface area contributed by atoms with Crippen LogP contribution in [-0.4, -0.2) is 43.9 Å². The van der Waals surface area contributed by atoms with E-state index in [9.17, 15) is 18.0 Å². The molecule has 2 saturated carbocycles. The summed E-state index contributed by atoms with van der Waals surface area (Å²) in [5.74, 6) is -2.27. The summed E-state index contributed by atoms with van der Waals surface area (Å²) in [6.07, 6.45) is 3.68. The summed E-state index contributed by atoms with van der Waals surface area (Å²) in [6.45, 7) is 0. The van der Waals surface area contributed by atoms with Gasteiger partial charge in [-0.25, -0.2) is 13.1 Å². The van der Waals surface area contributed by atoms with Crippen molar-refractivity contribution in [1.29, 1.82) is 0 Å². The van der Waals surface area contributed by atoms with Crippen LogP contribution in [0.3, 0.4) is 0 Å². The smallest absolute Gasteiger partial charge is 0.310 e. The molecule has 0 aromatic rings. The monoisotopic (exact) mass is 333 g/mol. The number of ether oxygens (including phenoxy) is 1. The Kier molecular flexibility index (Phi) is 5.44. The Morgan fingerprint density at radius 2 is 1.73 bits per heavy atom. The second-order valence-electron chi connectivity index (χ2n) is 6.15. The lowest BCUT2D eigenvalue weighted by Gasteiger charge is -2.28. The third kappa shape index (κ3) is 3.78. The predicted molar refractivity (Wildman–Crippen MR) is 78.6 cm³/mol. The van der Waals surface area contributed by atoms with Gasteiger partial charge in [-0.15, -0.1) is 0 Å². The zero-order valence-corrected chi connectivity index (χ0v) is 13.5. The Labute approximate surface area is 130 Å². The summed E-state index contributed by atoms with van der Waals surface area (Å²) >= 11 is 0. The summed E-state index contributed by atoms with van der Waals surface area (Å²) in [4.78, 5) is 22.6. The first-order valence-corrected chi connectivity index (χ1v) is 9.21. The van der Waals surface area contributed by atoms with Gasteiger partial charge in [-0.2, -0.15) is 0 Å². The highest BCUT2D eigenvalue weighted by atomic mass is 32.2. The second-order valence-corrected chi connectivity index (χ2v) is 8.08. The number of carboxylic acid groups (broad SMARTS) is 1. The van der Waals surface area contributed by atoms with Gasteiger partial charge in [-0.05, 0) is 38.5 Å². The average molecular weight is 333 g/mol. The Hall–Kier alpha value is -1.15. The third-order valence-electron chi connectivity index (χ3n) is 4.76. The van der Waals surface area contributed by atoms with Crippen LogP contribution in [0.25, 0.3) is 0 Å². The first-order chi connectivity index (χ1) is 10.3. The van der Waals surface area contributed by atoms with Crippen molar-refractivity contribution in [1.82, 2.24) is 4.72 Å². The second kappa shape index (κ2) is 6.95. The number of hydrogen-bond donors (Lipinski definition) is 2. The van der Waals surface area contributed by atoms with Crippen LogP contribution in [0.15, 0.2) is 0 Å². The van der Waals surface area contributed by atoms with Crippen LogP contribution in [0.2, 0.25) is 0 Å². The minimum Gasteiger partial charge on any atom is -0.481 e. The Balaban J connectivity index is 1.97. The molecule has 2 aliphatic carbocycles. The molecule has 0 aliphatic heterocycles. The molecule has 7 nitrogen and oxygen atoms in total. The molecule has 22 heavy (non-hydrogen) atoms. The van der Waals surface area contributed by atoms with Gasteiger partial charge in [0.2, 0.25) is 10.0 Å². The van der Waals surface area contributed by atoms with Crippen LogP contribution in [0.4, 0.5) is 0 Å². The van der Waals surface area contributed by atoms with Crippen molar-refractivity contribution in [2.75, 3.05) is 7.11 Å². The van der Waals surface area contributed by atoms with E-state index in [2.05, 4.69) is 4.72 Å². The largest absolute Gasteiger partial charge is 0.481 e. The zero-order chi connectivity index (χ0) is 16.3. The first kappa shape index (κ1) is 17.2. The van der Waals surface area contributed by atoms with Crippen LogP contribution in [-0.2, 0) is 24.3 Å². The minimum absolute atomic E-state index is 0.237. The lowest BCUT2D eigenvalue weighted by atomic mass is 9.87. The molecule has 0 radical (unpaired) electrons. The van der Waals surface area contributed by atoms with Crippen molar-refractivity contribution in [2.24, 2.45) is 11.8 Å². The molecule has 0 aromatic heterocycles. The van der Waals surface area contributed by atoms with E-state index in [4.69, 9.17) is 9.84 Å². The summed E-state index contributed by atoms with van der Waals surface area (Å²) in [6, 6.07) is -0.237. The van der Waals surface area contributed by atoms with Crippen LogP contribution < -0.4 is 4.72 Å². The molecule has 0 bridgehead atoms. The zero-order valence-electron chi connectivity index (χ0n) is 12.7. The molecule has 0 spiro atoms. The molecule has 2 atom stereocenters. The van der Waals surface area contributed by atoms with Gasteiger partial charge in [0.05, 0.1) is 24.2 Å². The predicted octanol–water partition coefficient (Wildman–Crippen LogP) is 0.891. The van der Waals surface area contributed by atoms with Crippen LogP contribution >= 0.6 is 0 Å². The van der Waals surface area contributed by atoms with E-state index in [1.807, 2.05) is 0 Å². The molecular formula is C14H23NO6S. The highest BCUT2D eigenvalue weighted by Gasteiger charge is 2.43. The molecule has 2 fully saturated rings. The maximum absolute atomic E-state index is 12.5. The molecule has 0 amide bonds. The molecule has 2 N–H and O–H groups in total. The number of carboxylic acids is 1. The molecule has 2 unspecified atom stereocenters. The van der Waals surface area contributed by atoms with Crippen molar-refractivity contribution < 1.29 is 27.9 Å². The van der Waals surface area contributed by atoms with E-state index in [0.29, 0.717) is 44.9 Å².